The maximum absolute atomic E-state index is 13.5. The summed E-state index contributed by atoms with van der Waals surface area (Å²) in [5.41, 5.74) is -0.141. The summed E-state index contributed by atoms with van der Waals surface area (Å²) in [6.45, 7) is 2.24. The lowest BCUT2D eigenvalue weighted by Gasteiger charge is -2.37. The van der Waals surface area contributed by atoms with Crippen molar-refractivity contribution in [3.63, 3.8) is 0 Å². The average Bonchev–Trinajstić information content (AvgIpc) is 2.88. The Morgan fingerprint density at radius 1 is 1.12 bits per heavy atom. The summed E-state index contributed by atoms with van der Waals surface area (Å²) in [5.74, 6) is -0.181. The number of hydrogen-bond acceptors (Lipinski definition) is 6. The van der Waals surface area contributed by atoms with Gasteiger partial charge in [0.1, 0.15) is 0 Å². The second kappa shape index (κ2) is 11.0. The van der Waals surface area contributed by atoms with Gasteiger partial charge in [-0.1, -0.05) is 49.6 Å². The van der Waals surface area contributed by atoms with E-state index in [1.165, 1.54) is 0 Å². The van der Waals surface area contributed by atoms with E-state index in [9.17, 15) is 9.90 Å². The summed E-state index contributed by atoms with van der Waals surface area (Å²) in [5, 5.41) is 15.2. The zero-order valence-corrected chi connectivity index (χ0v) is 18.8. The fourth-order valence-corrected chi connectivity index (χ4v) is 5.34. The molecule has 2 N–H and O–H groups in total. The molecule has 1 aromatic heterocycles. The maximum Gasteiger partial charge on any atom is 0.343 e. The number of aliphatic hydroxyl groups is 1. The highest BCUT2D eigenvalue weighted by Gasteiger charge is 2.47. The standard InChI is InChI=1S/C26H35N3O3/c30-25(26(31,22-9-3-1-4-10-22)23-11-5-2-6-12-23)32-19-21(24-18-28-14-15-29-24)16-20-8-7-13-27-17-20/h1,3-4,9-10,14-15,18,20-21,23,27,31H,2,5-8,11-13,16-17,19H2/t20-,21?,26?/m1/s1. The van der Waals surface area contributed by atoms with E-state index in [4.69, 9.17) is 4.74 Å². The number of nitrogens with zero attached hydrogens (tertiary/aromatic N) is 2. The quantitative estimate of drug-likeness (QED) is 0.608. The molecule has 32 heavy (non-hydrogen) atoms. The molecule has 1 aliphatic carbocycles. The molecule has 2 unspecified atom stereocenters. The van der Waals surface area contributed by atoms with E-state index < -0.39 is 11.6 Å². The van der Waals surface area contributed by atoms with Crippen LogP contribution in [0.25, 0.3) is 0 Å². The molecule has 0 bridgehead atoms. The van der Waals surface area contributed by atoms with E-state index in [-0.39, 0.29) is 18.4 Å². The van der Waals surface area contributed by atoms with Crippen LogP contribution < -0.4 is 5.32 Å². The molecule has 2 heterocycles. The molecule has 3 atom stereocenters. The Balaban J connectivity index is 1.51. The molecule has 2 fully saturated rings. The first-order valence-electron chi connectivity index (χ1n) is 12.1. The first-order valence-corrected chi connectivity index (χ1v) is 12.1. The third-order valence-corrected chi connectivity index (χ3v) is 7.15. The third-order valence-electron chi connectivity index (χ3n) is 7.15. The van der Waals surface area contributed by atoms with Crippen LogP contribution in [0.15, 0.2) is 48.9 Å². The molecule has 1 aromatic carbocycles. The Bertz CT molecular complexity index is 836. The predicted octanol–water partition coefficient (Wildman–Crippen LogP) is 3.96. The number of aromatic nitrogens is 2. The molecule has 2 aromatic rings. The van der Waals surface area contributed by atoms with Gasteiger partial charge in [0.2, 0.25) is 0 Å². The van der Waals surface area contributed by atoms with Crippen molar-refractivity contribution in [2.45, 2.75) is 62.9 Å². The van der Waals surface area contributed by atoms with Gasteiger partial charge in [0.05, 0.1) is 12.3 Å². The Morgan fingerprint density at radius 3 is 2.62 bits per heavy atom. The van der Waals surface area contributed by atoms with Gasteiger partial charge in [0.15, 0.2) is 5.60 Å². The van der Waals surface area contributed by atoms with Gasteiger partial charge in [0, 0.05) is 30.4 Å². The lowest BCUT2D eigenvalue weighted by Crippen LogP contribution is -2.45. The molecule has 4 rings (SSSR count). The summed E-state index contributed by atoms with van der Waals surface area (Å²) in [6, 6.07) is 9.32. The van der Waals surface area contributed by atoms with Crippen LogP contribution in [0.1, 0.15) is 68.5 Å². The highest BCUT2D eigenvalue weighted by Crippen LogP contribution is 2.40. The van der Waals surface area contributed by atoms with Crippen molar-refractivity contribution in [3.8, 4) is 0 Å². The number of carbonyl (C=O) groups is 1. The first kappa shape index (κ1) is 22.9. The summed E-state index contributed by atoms with van der Waals surface area (Å²) < 4.78 is 5.90. The molecule has 6 heteroatoms. The molecule has 172 valence electrons. The fraction of sp³-hybridized carbons (Fsp3) is 0.577. The van der Waals surface area contributed by atoms with Gasteiger partial charge < -0.3 is 15.2 Å². The van der Waals surface area contributed by atoms with Crippen molar-refractivity contribution in [3.05, 3.63) is 60.2 Å². The zero-order valence-electron chi connectivity index (χ0n) is 18.8. The molecule has 0 spiro atoms. The number of ether oxygens (including phenoxy) is 1. The van der Waals surface area contributed by atoms with Gasteiger partial charge in [-0.05, 0) is 56.7 Å². The first-order chi connectivity index (χ1) is 15.7. The lowest BCUT2D eigenvalue weighted by molar-refractivity contribution is -0.176. The molecule has 1 saturated carbocycles. The highest BCUT2D eigenvalue weighted by molar-refractivity contribution is 5.81. The van der Waals surface area contributed by atoms with Crippen molar-refractivity contribution >= 4 is 5.97 Å². The molecular formula is C26H35N3O3. The molecule has 1 saturated heterocycles. The minimum absolute atomic E-state index is 0.0380. The lowest BCUT2D eigenvalue weighted by atomic mass is 9.73. The van der Waals surface area contributed by atoms with Crippen LogP contribution in [0.3, 0.4) is 0 Å². The molecule has 1 aliphatic heterocycles. The van der Waals surface area contributed by atoms with Crippen LogP contribution in [0, 0.1) is 11.8 Å². The summed E-state index contributed by atoms with van der Waals surface area (Å²) in [7, 11) is 0. The second-order valence-electron chi connectivity index (χ2n) is 9.34. The molecular weight excluding hydrogens is 402 g/mol. The Labute approximate surface area is 190 Å². The monoisotopic (exact) mass is 437 g/mol. The van der Waals surface area contributed by atoms with E-state index in [1.807, 2.05) is 30.3 Å². The van der Waals surface area contributed by atoms with Gasteiger partial charge in [-0.15, -0.1) is 0 Å². The van der Waals surface area contributed by atoms with Crippen LogP contribution in [-0.4, -0.2) is 40.7 Å². The highest BCUT2D eigenvalue weighted by atomic mass is 16.5. The van der Waals surface area contributed by atoms with Crippen molar-refractivity contribution in [1.29, 1.82) is 0 Å². The van der Waals surface area contributed by atoms with E-state index in [2.05, 4.69) is 15.3 Å². The normalized spacial score (nSPS) is 22.6. The summed E-state index contributed by atoms with van der Waals surface area (Å²) in [4.78, 5) is 22.2. The third kappa shape index (κ3) is 5.36. The number of rotatable bonds is 8. The van der Waals surface area contributed by atoms with Gasteiger partial charge in [-0.2, -0.15) is 0 Å². The Morgan fingerprint density at radius 2 is 1.94 bits per heavy atom. The van der Waals surface area contributed by atoms with E-state index in [0.717, 1.165) is 70.2 Å². The van der Waals surface area contributed by atoms with Crippen LogP contribution in [0.2, 0.25) is 0 Å². The van der Waals surface area contributed by atoms with E-state index >= 15 is 0 Å². The molecule has 6 nitrogen and oxygen atoms in total. The fourth-order valence-electron chi connectivity index (χ4n) is 5.34. The zero-order chi connectivity index (χ0) is 22.2. The van der Waals surface area contributed by atoms with Crippen LogP contribution in [0.4, 0.5) is 0 Å². The number of nitrogens with one attached hydrogen (secondary N) is 1. The Hall–Kier alpha value is -2.31. The van der Waals surface area contributed by atoms with Crippen molar-refractivity contribution < 1.29 is 14.6 Å². The minimum Gasteiger partial charge on any atom is -0.463 e. The number of benzene rings is 1. The number of esters is 1. The van der Waals surface area contributed by atoms with Gasteiger partial charge >= 0.3 is 5.97 Å². The van der Waals surface area contributed by atoms with Crippen LogP contribution >= 0.6 is 0 Å². The van der Waals surface area contributed by atoms with Crippen LogP contribution in [0.5, 0.6) is 0 Å². The topological polar surface area (TPSA) is 84.3 Å². The summed E-state index contributed by atoms with van der Waals surface area (Å²) >= 11 is 0. The van der Waals surface area contributed by atoms with Gasteiger partial charge in [-0.25, -0.2) is 4.79 Å². The second-order valence-corrected chi connectivity index (χ2v) is 9.34. The van der Waals surface area contributed by atoms with Gasteiger partial charge in [-0.3, -0.25) is 9.97 Å². The smallest absolute Gasteiger partial charge is 0.343 e. The number of piperidine rings is 1. The van der Waals surface area contributed by atoms with E-state index in [0.29, 0.717) is 11.5 Å². The molecule has 0 radical (unpaired) electrons. The summed E-state index contributed by atoms with van der Waals surface area (Å²) in [6.07, 6.45) is 13.2. The van der Waals surface area contributed by atoms with Crippen LogP contribution in [-0.2, 0) is 15.1 Å². The molecule has 2 aliphatic rings. The average molecular weight is 438 g/mol. The van der Waals surface area contributed by atoms with Gasteiger partial charge in [0.25, 0.3) is 0 Å². The number of carbonyl (C=O) groups excluding carboxylic acids is 1. The Kier molecular flexibility index (Phi) is 7.87. The van der Waals surface area contributed by atoms with Crippen molar-refractivity contribution in [2.24, 2.45) is 11.8 Å². The maximum atomic E-state index is 13.5. The largest absolute Gasteiger partial charge is 0.463 e. The number of hydrogen-bond donors (Lipinski definition) is 2. The van der Waals surface area contributed by atoms with E-state index in [1.54, 1.807) is 18.6 Å². The van der Waals surface area contributed by atoms with Crippen molar-refractivity contribution in [1.82, 2.24) is 15.3 Å². The van der Waals surface area contributed by atoms with Crippen molar-refractivity contribution in [2.75, 3.05) is 19.7 Å². The minimum atomic E-state index is -1.61. The SMILES string of the molecule is O=C(OCC(C[C@H]1CCCNC1)c1cnccn1)C(O)(c1ccccc1)C1CCCCC1. The predicted molar refractivity (Wildman–Crippen MR) is 123 cm³/mol. The molecule has 0 amide bonds.